The van der Waals surface area contributed by atoms with Crippen LogP contribution >= 0.6 is 0 Å². The molecule has 0 radical (unpaired) electrons. The van der Waals surface area contributed by atoms with E-state index in [9.17, 15) is 17.6 Å². The van der Waals surface area contributed by atoms with E-state index in [-0.39, 0.29) is 12.5 Å². The molecule has 0 bridgehead atoms. The van der Waals surface area contributed by atoms with Gasteiger partial charge in [-0.05, 0) is 30.5 Å². The fourth-order valence-corrected chi connectivity index (χ4v) is 2.85. The summed E-state index contributed by atoms with van der Waals surface area (Å²) >= 11 is 0. The number of anilines is 1. The Bertz CT molecular complexity index is 658. The Morgan fingerprint density at radius 2 is 2.05 bits per heavy atom. The molecule has 0 aromatic heterocycles. The SMILES string of the molecule is CCCN1C(=O)CCc2cc(CNS(C)(=O)=O)c(F)cc21. The number of nitrogens with zero attached hydrogens (tertiary/aromatic N) is 1. The second kappa shape index (κ2) is 6.11. The molecule has 21 heavy (non-hydrogen) atoms. The van der Waals surface area contributed by atoms with Crippen LogP contribution in [0.25, 0.3) is 0 Å². The summed E-state index contributed by atoms with van der Waals surface area (Å²) < 4.78 is 38.6. The fourth-order valence-electron chi connectivity index (χ4n) is 2.43. The molecule has 1 amide bonds. The highest BCUT2D eigenvalue weighted by Gasteiger charge is 2.25. The molecular formula is C14H19FN2O3S. The van der Waals surface area contributed by atoms with Crippen LogP contribution in [0.2, 0.25) is 0 Å². The molecule has 1 N–H and O–H groups in total. The van der Waals surface area contributed by atoms with Gasteiger partial charge < -0.3 is 4.90 Å². The van der Waals surface area contributed by atoms with Crippen molar-refractivity contribution in [1.29, 1.82) is 0 Å². The Kier molecular flexibility index (Phi) is 4.63. The van der Waals surface area contributed by atoms with Crippen LogP contribution in [0, 0.1) is 5.82 Å². The van der Waals surface area contributed by atoms with Gasteiger partial charge in [-0.2, -0.15) is 0 Å². The highest BCUT2D eigenvalue weighted by molar-refractivity contribution is 7.88. The number of benzene rings is 1. The van der Waals surface area contributed by atoms with E-state index in [1.807, 2.05) is 6.92 Å². The van der Waals surface area contributed by atoms with Crippen molar-refractivity contribution in [3.05, 3.63) is 29.1 Å². The second-order valence-electron chi connectivity index (χ2n) is 5.21. The smallest absolute Gasteiger partial charge is 0.227 e. The zero-order valence-corrected chi connectivity index (χ0v) is 13.0. The lowest BCUT2D eigenvalue weighted by atomic mass is 9.98. The first-order valence-corrected chi connectivity index (χ1v) is 8.77. The monoisotopic (exact) mass is 314 g/mol. The summed E-state index contributed by atoms with van der Waals surface area (Å²) in [6.45, 7) is 2.44. The minimum atomic E-state index is -3.37. The topological polar surface area (TPSA) is 66.5 Å². The van der Waals surface area contributed by atoms with E-state index >= 15 is 0 Å². The Labute approximate surface area is 124 Å². The highest BCUT2D eigenvalue weighted by atomic mass is 32.2. The first-order chi connectivity index (χ1) is 9.81. The van der Waals surface area contributed by atoms with Crippen molar-refractivity contribution in [2.75, 3.05) is 17.7 Å². The minimum absolute atomic E-state index is 0.00533. The third kappa shape index (κ3) is 3.79. The first-order valence-electron chi connectivity index (χ1n) is 6.88. The number of nitrogens with one attached hydrogen (secondary N) is 1. The van der Waals surface area contributed by atoms with Crippen molar-refractivity contribution in [3.63, 3.8) is 0 Å². The maximum Gasteiger partial charge on any atom is 0.227 e. The fraction of sp³-hybridized carbons (Fsp3) is 0.500. The van der Waals surface area contributed by atoms with E-state index in [1.165, 1.54) is 6.07 Å². The van der Waals surface area contributed by atoms with Gasteiger partial charge in [-0.3, -0.25) is 4.79 Å². The summed E-state index contributed by atoms with van der Waals surface area (Å²) in [5.74, 6) is -0.494. The number of amides is 1. The van der Waals surface area contributed by atoms with Crippen LogP contribution in [0.15, 0.2) is 12.1 Å². The molecule has 1 aromatic carbocycles. The molecule has 1 heterocycles. The lowest BCUT2D eigenvalue weighted by Crippen LogP contribution is -2.36. The van der Waals surface area contributed by atoms with Gasteiger partial charge in [0.1, 0.15) is 5.82 Å². The number of aryl methyl sites for hydroxylation is 1. The van der Waals surface area contributed by atoms with Crippen molar-refractivity contribution in [2.24, 2.45) is 0 Å². The normalized spacial score (nSPS) is 15.2. The van der Waals surface area contributed by atoms with Gasteiger partial charge in [-0.25, -0.2) is 17.5 Å². The highest BCUT2D eigenvalue weighted by Crippen LogP contribution is 2.30. The summed E-state index contributed by atoms with van der Waals surface area (Å²) in [5, 5.41) is 0. The van der Waals surface area contributed by atoms with Gasteiger partial charge in [-0.15, -0.1) is 0 Å². The summed E-state index contributed by atoms with van der Waals surface area (Å²) in [4.78, 5) is 13.5. The Morgan fingerprint density at radius 1 is 1.33 bits per heavy atom. The number of fused-ring (bicyclic) bond motifs is 1. The van der Waals surface area contributed by atoms with Crippen LogP contribution in [-0.2, 0) is 27.8 Å². The summed E-state index contributed by atoms with van der Waals surface area (Å²) in [5.41, 5.74) is 1.79. The summed E-state index contributed by atoms with van der Waals surface area (Å²) in [6.07, 6.45) is 2.78. The average molecular weight is 314 g/mol. The number of sulfonamides is 1. The van der Waals surface area contributed by atoms with Crippen molar-refractivity contribution < 1.29 is 17.6 Å². The summed E-state index contributed by atoms with van der Waals surface area (Å²) in [6, 6.07) is 2.99. The molecule has 0 aliphatic carbocycles. The van der Waals surface area contributed by atoms with Gasteiger partial charge in [0.25, 0.3) is 0 Å². The average Bonchev–Trinajstić information content (AvgIpc) is 2.39. The molecule has 5 nitrogen and oxygen atoms in total. The predicted molar refractivity (Wildman–Crippen MR) is 79.0 cm³/mol. The number of hydrogen-bond donors (Lipinski definition) is 1. The van der Waals surface area contributed by atoms with Gasteiger partial charge >= 0.3 is 0 Å². The standard InChI is InChI=1S/C14H19FN2O3S/c1-3-6-17-13-8-12(15)11(9-16-21(2,19)20)7-10(13)4-5-14(17)18/h7-8,16H,3-6,9H2,1-2H3. The molecule has 0 unspecified atom stereocenters. The molecule has 1 aromatic rings. The lowest BCUT2D eigenvalue weighted by molar-refractivity contribution is -0.118. The van der Waals surface area contributed by atoms with Gasteiger partial charge in [0.2, 0.25) is 15.9 Å². The van der Waals surface area contributed by atoms with Crippen molar-refractivity contribution in [2.45, 2.75) is 32.7 Å². The van der Waals surface area contributed by atoms with Gasteiger partial charge in [-0.1, -0.05) is 6.92 Å². The molecule has 7 heteroatoms. The van der Waals surface area contributed by atoms with Gasteiger partial charge in [0, 0.05) is 30.8 Å². The van der Waals surface area contributed by atoms with Crippen LogP contribution in [-0.4, -0.2) is 27.1 Å². The molecule has 1 aliphatic rings. The summed E-state index contributed by atoms with van der Waals surface area (Å²) in [7, 11) is -3.37. The largest absolute Gasteiger partial charge is 0.312 e. The Balaban J connectivity index is 2.32. The van der Waals surface area contributed by atoms with Gasteiger partial charge in [0.05, 0.1) is 6.26 Å². The lowest BCUT2D eigenvalue weighted by Gasteiger charge is -2.29. The zero-order chi connectivity index (χ0) is 15.6. The van der Waals surface area contributed by atoms with E-state index in [2.05, 4.69) is 4.72 Å². The number of hydrogen-bond acceptors (Lipinski definition) is 3. The third-order valence-corrected chi connectivity index (χ3v) is 4.09. The molecule has 0 atom stereocenters. The van der Waals surface area contributed by atoms with E-state index < -0.39 is 15.8 Å². The third-order valence-electron chi connectivity index (χ3n) is 3.42. The van der Waals surface area contributed by atoms with Crippen LogP contribution in [0.4, 0.5) is 10.1 Å². The molecule has 2 rings (SSSR count). The molecular weight excluding hydrogens is 295 g/mol. The first kappa shape index (κ1) is 15.9. The number of carbonyl (C=O) groups is 1. The molecule has 0 spiro atoms. The van der Waals surface area contributed by atoms with Crippen molar-refractivity contribution in [1.82, 2.24) is 4.72 Å². The zero-order valence-electron chi connectivity index (χ0n) is 12.1. The van der Waals surface area contributed by atoms with E-state index in [1.54, 1.807) is 11.0 Å². The van der Waals surface area contributed by atoms with E-state index in [0.717, 1.165) is 18.2 Å². The molecule has 1 aliphatic heterocycles. The number of halogens is 1. The van der Waals surface area contributed by atoms with Crippen molar-refractivity contribution >= 4 is 21.6 Å². The van der Waals surface area contributed by atoms with Gasteiger partial charge in [0.15, 0.2) is 0 Å². The minimum Gasteiger partial charge on any atom is -0.312 e. The molecule has 0 fully saturated rings. The predicted octanol–water partition coefficient (Wildman–Crippen LogP) is 1.56. The maximum absolute atomic E-state index is 14.1. The van der Waals surface area contributed by atoms with E-state index in [0.29, 0.717) is 30.6 Å². The van der Waals surface area contributed by atoms with Crippen LogP contribution in [0.5, 0.6) is 0 Å². The van der Waals surface area contributed by atoms with E-state index in [4.69, 9.17) is 0 Å². The van der Waals surface area contributed by atoms with Crippen LogP contribution in [0.1, 0.15) is 30.9 Å². The second-order valence-corrected chi connectivity index (χ2v) is 7.04. The Hall–Kier alpha value is -1.47. The molecule has 116 valence electrons. The maximum atomic E-state index is 14.1. The number of rotatable bonds is 5. The number of carbonyl (C=O) groups excluding carboxylic acids is 1. The molecule has 0 saturated heterocycles. The Morgan fingerprint density at radius 3 is 2.67 bits per heavy atom. The van der Waals surface area contributed by atoms with Crippen molar-refractivity contribution in [3.8, 4) is 0 Å². The van der Waals surface area contributed by atoms with Crippen LogP contribution < -0.4 is 9.62 Å². The molecule has 0 saturated carbocycles. The van der Waals surface area contributed by atoms with Crippen LogP contribution in [0.3, 0.4) is 0 Å². The quantitative estimate of drug-likeness (QED) is 0.897.